The molecule has 0 spiro atoms. The van der Waals surface area contributed by atoms with Crippen molar-refractivity contribution in [3.05, 3.63) is 21.9 Å². The van der Waals surface area contributed by atoms with E-state index in [1.807, 2.05) is 18.4 Å². The van der Waals surface area contributed by atoms with E-state index in [-0.39, 0.29) is 5.60 Å². The van der Waals surface area contributed by atoms with Gasteiger partial charge in [-0.3, -0.25) is 0 Å². The van der Waals surface area contributed by atoms with Crippen LogP contribution in [0.3, 0.4) is 0 Å². The third-order valence-electron chi connectivity index (χ3n) is 3.29. The van der Waals surface area contributed by atoms with Crippen LogP contribution in [0.2, 0.25) is 0 Å². The summed E-state index contributed by atoms with van der Waals surface area (Å²) in [7, 11) is 1.84. The van der Waals surface area contributed by atoms with E-state index in [1.54, 1.807) is 0 Å². The molecule has 1 atom stereocenters. The standard InChI is InChI=1S/C12H19NOS/c1-3-11-10(5-8-15-11)12(14-2)6-4-7-13-9-12/h5,8,13H,3-4,6-7,9H2,1-2H3/t12-/m1/s1. The fourth-order valence-corrected chi connectivity index (χ4v) is 3.33. The van der Waals surface area contributed by atoms with E-state index >= 15 is 0 Å². The molecule has 0 aromatic carbocycles. The van der Waals surface area contributed by atoms with E-state index in [0.717, 1.165) is 25.9 Å². The molecule has 1 aromatic heterocycles. The number of hydrogen-bond acceptors (Lipinski definition) is 3. The van der Waals surface area contributed by atoms with Gasteiger partial charge in [0, 0.05) is 18.5 Å². The fourth-order valence-electron chi connectivity index (χ4n) is 2.41. The largest absolute Gasteiger partial charge is 0.372 e. The molecule has 1 aromatic rings. The Labute approximate surface area is 95.6 Å². The molecular formula is C12H19NOS. The fraction of sp³-hybridized carbons (Fsp3) is 0.667. The van der Waals surface area contributed by atoms with Crippen LogP contribution in [0.5, 0.6) is 0 Å². The Morgan fingerprint density at radius 3 is 3.07 bits per heavy atom. The quantitative estimate of drug-likeness (QED) is 0.853. The summed E-state index contributed by atoms with van der Waals surface area (Å²) >= 11 is 1.85. The summed E-state index contributed by atoms with van der Waals surface area (Å²) in [4.78, 5) is 1.47. The van der Waals surface area contributed by atoms with Gasteiger partial charge in [0.25, 0.3) is 0 Å². The lowest BCUT2D eigenvalue weighted by molar-refractivity contribution is -0.0335. The lowest BCUT2D eigenvalue weighted by Crippen LogP contribution is -2.44. The smallest absolute Gasteiger partial charge is 0.106 e. The second-order valence-electron chi connectivity index (χ2n) is 4.09. The molecular weight excluding hydrogens is 206 g/mol. The van der Waals surface area contributed by atoms with Crippen molar-refractivity contribution in [2.45, 2.75) is 31.8 Å². The van der Waals surface area contributed by atoms with Crippen molar-refractivity contribution in [1.82, 2.24) is 5.32 Å². The maximum absolute atomic E-state index is 5.81. The highest BCUT2D eigenvalue weighted by atomic mass is 32.1. The molecule has 84 valence electrons. The Balaban J connectivity index is 2.32. The van der Waals surface area contributed by atoms with Crippen LogP contribution in [0.4, 0.5) is 0 Å². The van der Waals surface area contributed by atoms with E-state index in [2.05, 4.69) is 23.7 Å². The van der Waals surface area contributed by atoms with Gasteiger partial charge in [-0.05, 0) is 42.8 Å². The van der Waals surface area contributed by atoms with E-state index in [1.165, 1.54) is 16.9 Å². The number of thiophene rings is 1. The minimum atomic E-state index is -0.0659. The molecule has 15 heavy (non-hydrogen) atoms. The highest BCUT2D eigenvalue weighted by Gasteiger charge is 2.35. The Morgan fingerprint density at radius 1 is 1.60 bits per heavy atom. The van der Waals surface area contributed by atoms with Gasteiger partial charge in [0.05, 0.1) is 0 Å². The van der Waals surface area contributed by atoms with E-state index in [9.17, 15) is 0 Å². The molecule has 2 nitrogen and oxygen atoms in total. The summed E-state index contributed by atoms with van der Waals surface area (Å²) in [5, 5.41) is 5.63. The lowest BCUT2D eigenvalue weighted by atomic mass is 9.86. The van der Waals surface area contributed by atoms with Crippen molar-refractivity contribution in [3.8, 4) is 0 Å². The molecule has 1 fully saturated rings. The maximum atomic E-state index is 5.81. The summed E-state index contributed by atoms with van der Waals surface area (Å²) in [6.07, 6.45) is 3.45. The molecule has 1 aliphatic heterocycles. The van der Waals surface area contributed by atoms with Crippen LogP contribution in [0, 0.1) is 0 Å². The van der Waals surface area contributed by atoms with Gasteiger partial charge in [0.2, 0.25) is 0 Å². The van der Waals surface area contributed by atoms with Gasteiger partial charge in [-0.1, -0.05) is 6.92 Å². The van der Waals surface area contributed by atoms with Crippen molar-refractivity contribution in [1.29, 1.82) is 0 Å². The van der Waals surface area contributed by atoms with Crippen LogP contribution in [-0.4, -0.2) is 20.2 Å². The zero-order valence-electron chi connectivity index (χ0n) is 9.51. The number of piperidine rings is 1. The van der Waals surface area contributed by atoms with Gasteiger partial charge in [0.15, 0.2) is 0 Å². The van der Waals surface area contributed by atoms with Crippen molar-refractivity contribution in [3.63, 3.8) is 0 Å². The van der Waals surface area contributed by atoms with Gasteiger partial charge < -0.3 is 10.1 Å². The van der Waals surface area contributed by atoms with Gasteiger partial charge >= 0.3 is 0 Å². The number of nitrogens with one attached hydrogen (secondary N) is 1. The molecule has 3 heteroatoms. The average Bonchev–Trinajstić information content (AvgIpc) is 2.78. The predicted octanol–water partition coefficient (Wildman–Crippen LogP) is 2.54. The van der Waals surface area contributed by atoms with Crippen molar-refractivity contribution in [2.24, 2.45) is 0 Å². The maximum Gasteiger partial charge on any atom is 0.106 e. The minimum absolute atomic E-state index is 0.0659. The Morgan fingerprint density at radius 2 is 2.47 bits per heavy atom. The first kappa shape index (κ1) is 11.1. The van der Waals surface area contributed by atoms with Crippen LogP contribution in [-0.2, 0) is 16.8 Å². The molecule has 1 aliphatic rings. The normalized spacial score (nSPS) is 26.8. The summed E-state index contributed by atoms with van der Waals surface area (Å²) in [6, 6.07) is 2.24. The second-order valence-corrected chi connectivity index (χ2v) is 5.09. The van der Waals surface area contributed by atoms with Crippen LogP contribution in [0.25, 0.3) is 0 Å². The van der Waals surface area contributed by atoms with Crippen molar-refractivity contribution < 1.29 is 4.74 Å². The number of ether oxygens (including phenoxy) is 1. The highest BCUT2D eigenvalue weighted by molar-refractivity contribution is 7.10. The van der Waals surface area contributed by atoms with Crippen LogP contribution >= 0.6 is 11.3 Å². The SMILES string of the molecule is CCc1sccc1[C@@]1(OC)CCCNC1. The third kappa shape index (κ3) is 1.96. The molecule has 0 unspecified atom stereocenters. The number of hydrogen-bond donors (Lipinski definition) is 1. The van der Waals surface area contributed by atoms with Crippen LogP contribution in [0.1, 0.15) is 30.2 Å². The minimum Gasteiger partial charge on any atom is -0.372 e. The Kier molecular flexibility index (Phi) is 3.44. The lowest BCUT2D eigenvalue weighted by Gasteiger charge is -2.37. The van der Waals surface area contributed by atoms with Gasteiger partial charge in [0.1, 0.15) is 5.60 Å². The van der Waals surface area contributed by atoms with Gasteiger partial charge in [-0.15, -0.1) is 11.3 Å². The predicted molar refractivity (Wildman–Crippen MR) is 64.5 cm³/mol. The zero-order chi connectivity index (χ0) is 10.7. The molecule has 0 bridgehead atoms. The van der Waals surface area contributed by atoms with Gasteiger partial charge in [-0.25, -0.2) is 0 Å². The monoisotopic (exact) mass is 225 g/mol. The Hall–Kier alpha value is -0.380. The van der Waals surface area contributed by atoms with Gasteiger partial charge in [-0.2, -0.15) is 0 Å². The summed E-state index contributed by atoms with van der Waals surface area (Å²) in [5.74, 6) is 0. The average molecular weight is 225 g/mol. The molecule has 1 N–H and O–H groups in total. The van der Waals surface area contributed by atoms with Crippen LogP contribution in [0.15, 0.2) is 11.4 Å². The molecule has 0 radical (unpaired) electrons. The van der Waals surface area contributed by atoms with E-state index in [0.29, 0.717) is 0 Å². The summed E-state index contributed by atoms with van der Waals surface area (Å²) in [6.45, 7) is 4.29. The first-order chi connectivity index (χ1) is 7.32. The topological polar surface area (TPSA) is 21.3 Å². The highest BCUT2D eigenvalue weighted by Crippen LogP contribution is 2.36. The number of aryl methyl sites for hydroxylation is 1. The number of rotatable bonds is 3. The first-order valence-electron chi connectivity index (χ1n) is 5.65. The first-order valence-corrected chi connectivity index (χ1v) is 6.53. The van der Waals surface area contributed by atoms with Crippen LogP contribution < -0.4 is 5.32 Å². The van der Waals surface area contributed by atoms with Crippen molar-refractivity contribution >= 4 is 11.3 Å². The molecule has 0 amide bonds. The second kappa shape index (κ2) is 4.64. The van der Waals surface area contributed by atoms with E-state index < -0.39 is 0 Å². The third-order valence-corrected chi connectivity index (χ3v) is 4.36. The molecule has 0 aliphatic carbocycles. The molecule has 1 saturated heterocycles. The Bertz CT molecular complexity index is 315. The molecule has 2 heterocycles. The molecule has 0 saturated carbocycles. The number of methoxy groups -OCH3 is 1. The van der Waals surface area contributed by atoms with Crippen molar-refractivity contribution in [2.75, 3.05) is 20.2 Å². The summed E-state index contributed by atoms with van der Waals surface area (Å²) in [5.41, 5.74) is 1.34. The molecule has 2 rings (SSSR count). The van der Waals surface area contributed by atoms with E-state index in [4.69, 9.17) is 4.74 Å². The zero-order valence-corrected chi connectivity index (χ0v) is 10.3. The summed E-state index contributed by atoms with van der Waals surface area (Å²) < 4.78 is 5.81.